The average Bonchev–Trinajstić information content (AvgIpc) is 2.42. The number of aliphatic carboxylic acids is 1. The predicted octanol–water partition coefficient (Wildman–Crippen LogP) is 0.918. The number of hydrogen-bond donors (Lipinski definition) is 3. The molecule has 1 unspecified atom stereocenters. The van der Waals surface area contributed by atoms with Gasteiger partial charge in [0.25, 0.3) is 0 Å². The first-order valence-corrected chi connectivity index (χ1v) is 7.62. The van der Waals surface area contributed by atoms with Crippen molar-refractivity contribution in [2.24, 2.45) is 5.92 Å². The fraction of sp³-hybridized carbons (Fsp3) is 0.833. The SMILES string of the molecule is COCCC(NC(=O)NCC1CCSCC1)C(=O)O. The Hall–Kier alpha value is -0.950. The first-order chi connectivity index (χ1) is 9.13. The molecule has 0 aromatic heterocycles. The molecule has 6 nitrogen and oxygen atoms in total. The van der Waals surface area contributed by atoms with E-state index in [0.29, 0.717) is 19.1 Å². The number of amides is 2. The second kappa shape index (κ2) is 9.03. The molecule has 1 aliphatic rings. The first kappa shape index (κ1) is 16.1. The Labute approximate surface area is 117 Å². The van der Waals surface area contributed by atoms with Crippen molar-refractivity contribution in [1.82, 2.24) is 10.6 Å². The van der Waals surface area contributed by atoms with Gasteiger partial charge in [-0.15, -0.1) is 0 Å². The van der Waals surface area contributed by atoms with Crippen LogP contribution >= 0.6 is 11.8 Å². The number of carboxylic acid groups (broad SMARTS) is 1. The monoisotopic (exact) mass is 290 g/mol. The summed E-state index contributed by atoms with van der Waals surface area (Å²) in [4.78, 5) is 22.6. The smallest absolute Gasteiger partial charge is 0.326 e. The number of carbonyl (C=O) groups excluding carboxylic acids is 1. The quantitative estimate of drug-likeness (QED) is 0.649. The maximum atomic E-state index is 11.6. The molecule has 3 N–H and O–H groups in total. The van der Waals surface area contributed by atoms with E-state index in [4.69, 9.17) is 9.84 Å². The van der Waals surface area contributed by atoms with Gasteiger partial charge in [0.05, 0.1) is 0 Å². The number of carbonyl (C=O) groups is 2. The molecule has 1 saturated heterocycles. The minimum absolute atomic E-state index is 0.263. The molecule has 1 rings (SSSR count). The highest BCUT2D eigenvalue weighted by Gasteiger charge is 2.20. The molecule has 110 valence electrons. The third kappa shape index (κ3) is 6.68. The van der Waals surface area contributed by atoms with Gasteiger partial charge in [-0.3, -0.25) is 0 Å². The zero-order chi connectivity index (χ0) is 14.1. The van der Waals surface area contributed by atoms with Crippen molar-refractivity contribution in [1.29, 1.82) is 0 Å². The van der Waals surface area contributed by atoms with E-state index in [1.807, 2.05) is 11.8 Å². The summed E-state index contributed by atoms with van der Waals surface area (Å²) in [7, 11) is 1.50. The van der Waals surface area contributed by atoms with Crippen molar-refractivity contribution in [2.75, 3.05) is 31.8 Å². The van der Waals surface area contributed by atoms with Gasteiger partial charge in [0.15, 0.2) is 0 Å². The number of carboxylic acids is 1. The van der Waals surface area contributed by atoms with E-state index >= 15 is 0 Å². The largest absolute Gasteiger partial charge is 0.480 e. The lowest BCUT2D eigenvalue weighted by Gasteiger charge is -2.22. The maximum absolute atomic E-state index is 11.6. The predicted molar refractivity (Wildman–Crippen MR) is 74.5 cm³/mol. The van der Waals surface area contributed by atoms with Crippen molar-refractivity contribution in [3.05, 3.63) is 0 Å². The van der Waals surface area contributed by atoms with E-state index in [0.717, 1.165) is 24.3 Å². The zero-order valence-corrected chi connectivity index (χ0v) is 12.0. The highest BCUT2D eigenvalue weighted by atomic mass is 32.2. The van der Waals surface area contributed by atoms with Crippen LogP contribution in [0.3, 0.4) is 0 Å². The summed E-state index contributed by atoms with van der Waals surface area (Å²) in [6.45, 7) is 0.917. The average molecular weight is 290 g/mol. The number of hydrogen-bond acceptors (Lipinski definition) is 4. The zero-order valence-electron chi connectivity index (χ0n) is 11.2. The highest BCUT2D eigenvalue weighted by Crippen LogP contribution is 2.21. The van der Waals surface area contributed by atoms with Crippen LogP contribution in [0.25, 0.3) is 0 Å². The molecule has 0 aromatic carbocycles. The van der Waals surface area contributed by atoms with Gasteiger partial charge in [0.2, 0.25) is 0 Å². The fourth-order valence-corrected chi connectivity index (χ4v) is 3.09. The number of rotatable bonds is 7. The van der Waals surface area contributed by atoms with Crippen LogP contribution in [-0.2, 0) is 9.53 Å². The Morgan fingerprint density at radius 2 is 2.11 bits per heavy atom. The molecule has 7 heteroatoms. The van der Waals surface area contributed by atoms with E-state index in [2.05, 4.69) is 10.6 Å². The number of methoxy groups -OCH3 is 1. The van der Waals surface area contributed by atoms with Gasteiger partial charge in [-0.2, -0.15) is 11.8 Å². The number of nitrogens with one attached hydrogen (secondary N) is 2. The molecule has 1 atom stereocenters. The Morgan fingerprint density at radius 3 is 2.68 bits per heavy atom. The van der Waals surface area contributed by atoms with Gasteiger partial charge in [-0.05, 0) is 30.3 Å². The molecular formula is C12H22N2O4S. The summed E-state index contributed by atoms with van der Waals surface area (Å²) in [6.07, 6.45) is 2.48. The summed E-state index contributed by atoms with van der Waals surface area (Å²) in [5, 5.41) is 14.2. The van der Waals surface area contributed by atoms with Gasteiger partial charge in [0, 0.05) is 26.7 Å². The summed E-state index contributed by atoms with van der Waals surface area (Å²) in [5.41, 5.74) is 0. The van der Waals surface area contributed by atoms with Crippen molar-refractivity contribution < 1.29 is 19.4 Å². The number of urea groups is 1. The molecule has 0 spiro atoms. The van der Waals surface area contributed by atoms with E-state index in [9.17, 15) is 9.59 Å². The maximum Gasteiger partial charge on any atom is 0.326 e. The van der Waals surface area contributed by atoms with Crippen LogP contribution in [0.2, 0.25) is 0 Å². The number of thioether (sulfide) groups is 1. The van der Waals surface area contributed by atoms with Crippen molar-refractivity contribution in [3.8, 4) is 0 Å². The summed E-state index contributed by atoms with van der Waals surface area (Å²) >= 11 is 1.94. The molecule has 0 radical (unpaired) electrons. The van der Waals surface area contributed by atoms with E-state index in [-0.39, 0.29) is 6.42 Å². The van der Waals surface area contributed by atoms with Crippen LogP contribution in [0, 0.1) is 5.92 Å². The van der Waals surface area contributed by atoms with Crippen LogP contribution in [0.5, 0.6) is 0 Å². The van der Waals surface area contributed by atoms with Crippen molar-refractivity contribution in [2.45, 2.75) is 25.3 Å². The number of ether oxygens (including phenoxy) is 1. The Morgan fingerprint density at radius 1 is 1.42 bits per heavy atom. The standard InChI is InChI=1S/C12H22N2O4S/c1-18-5-2-10(11(15)16)14-12(17)13-8-9-3-6-19-7-4-9/h9-10H,2-8H2,1H3,(H,15,16)(H2,13,14,17). The molecule has 2 amide bonds. The van der Waals surface area contributed by atoms with Crippen LogP contribution < -0.4 is 10.6 Å². The molecule has 1 heterocycles. The van der Waals surface area contributed by atoms with Gasteiger partial charge >= 0.3 is 12.0 Å². The van der Waals surface area contributed by atoms with Crippen LogP contribution in [0.15, 0.2) is 0 Å². The van der Waals surface area contributed by atoms with E-state index < -0.39 is 18.0 Å². The Kier molecular flexibility index (Phi) is 7.66. The molecule has 1 fully saturated rings. The van der Waals surface area contributed by atoms with Crippen LogP contribution in [0.1, 0.15) is 19.3 Å². The topological polar surface area (TPSA) is 87.7 Å². The lowest BCUT2D eigenvalue weighted by Crippen LogP contribution is -2.47. The summed E-state index contributed by atoms with van der Waals surface area (Å²) in [6, 6.07) is -1.32. The van der Waals surface area contributed by atoms with E-state index in [1.165, 1.54) is 7.11 Å². The third-order valence-electron chi connectivity index (χ3n) is 3.11. The molecule has 19 heavy (non-hydrogen) atoms. The molecular weight excluding hydrogens is 268 g/mol. The second-order valence-corrected chi connectivity index (χ2v) is 5.81. The Bertz CT molecular complexity index is 295. The highest BCUT2D eigenvalue weighted by molar-refractivity contribution is 7.99. The molecule has 1 aliphatic heterocycles. The van der Waals surface area contributed by atoms with Gasteiger partial charge < -0.3 is 20.5 Å². The fourth-order valence-electron chi connectivity index (χ4n) is 1.89. The van der Waals surface area contributed by atoms with Gasteiger partial charge in [0.1, 0.15) is 6.04 Å². The van der Waals surface area contributed by atoms with Gasteiger partial charge in [-0.1, -0.05) is 0 Å². The van der Waals surface area contributed by atoms with Crippen LogP contribution in [-0.4, -0.2) is 54.9 Å². The molecule has 0 aliphatic carbocycles. The molecule has 0 aromatic rings. The lowest BCUT2D eigenvalue weighted by molar-refractivity contribution is -0.139. The normalized spacial score (nSPS) is 17.7. The van der Waals surface area contributed by atoms with Gasteiger partial charge in [-0.25, -0.2) is 9.59 Å². The first-order valence-electron chi connectivity index (χ1n) is 6.47. The minimum atomic E-state index is -1.04. The minimum Gasteiger partial charge on any atom is -0.480 e. The summed E-state index contributed by atoms with van der Waals surface area (Å²) in [5.74, 6) is 1.74. The molecule has 0 saturated carbocycles. The van der Waals surface area contributed by atoms with Crippen molar-refractivity contribution in [3.63, 3.8) is 0 Å². The van der Waals surface area contributed by atoms with E-state index in [1.54, 1.807) is 0 Å². The molecule has 0 bridgehead atoms. The van der Waals surface area contributed by atoms with Crippen molar-refractivity contribution >= 4 is 23.8 Å². The Balaban J connectivity index is 2.25. The lowest BCUT2D eigenvalue weighted by atomic mass is 10.0. The van der Waals surface area contributed by atoms with Crippen LogP contribution in [0.4, 0.5) is 4.79 Å². The third-order valence-corrected chi connectivity index (χ3v) is 4.15. The second-order valence-electron chi connectivity index (χ2n) is 4.58. The summed E-state index contributed by atoms with van der Waals surface area (Å²) < 4.78 is 4.82.